The Hall–Kier alpha value is -1.96. The van der Waals surface area contributed by atoms with Crippen molar-refractivity contribution in [3.8, 4) is 0 Å². The van der Waals surface area contributed by atoms with Gasteiger partial charge in [0, 0.05) is 12.6 Å². The van der Waals surface area contributed by atoms with Crippen LogP contribution in [0.15, 0.2) is 21.1 Å². The predicted molar refractivity (Wildman–Crippen MR) is 71.8 cm³/mol. The number of halogens is 2. The number of aromatic nitrogens is 2. The number of nitrogens with one attached hydrogen (secondary N) is 1. The lowest BCUT2D eigenvalue weighted by molar-refractivity contribution is 0.0595. The molecule has 1 aromatic heterocycles. The lowest BCUT2D eigenvalue weighted by Gasteiger charge is -2.08. The lowest BCUT2D eigenvalue weighted by atomic mass is 10.2. The van der Waals surface area contributed by atoms with E-state index in [4.69, 9.17) is 4.52 Å². The number of hydrogen-bond acceptors (Lipinski definition) is 6. The summed E-state index contributed by atoms with van der Waals surface area (Å²) in [5, 5.41) is 6.69. The van der Waals surface area contributed by atoms with E-state index in [1.807, 2.05) is 0 Å². The number of benzene rings is 1. The van der Waals surface area contributed by atoms with Crippen LogP contribution in [0, 0.1) is 12.7 Å². The first kappa shape index (κ1) is 14.4. The van der Waals surface area contributed by atoms with Gasteiger partial charge in [-0.2, -0.15) is 4.98 Å². The minimum absolute atomic E-state index is 0.159. The van der Waals surface area contributed by atoms with Gasteiger partial charge < -0.3 is 14.6 Å². The Morgan fingerprint density at radius 1 is 1.55 bits per heavy atom. The van der Waals surface area contributed by atoms with Crippen molar-refractivity contribution in [2.45, 2.75) is 13.5 Å². The van der Waals surface area contributed by atoms with Crippen LogP contribution in [0.3, 0.4) is 0 Å². The smallest absolute Gasteiger partial charge is 0.340 e. The van der Waals surface area contributed by atoms with Crippen LogP contribution in [0.4, 0.5) is 10.1 Å². The normalized spacial score (nSPS) is 10.4. The van der Waals surface area contributed by atoms with E-state index in [0.29, 0.717) is 17.4 Å². The topological polar surface area (TPSA) is 77.2 Å². The van der Waals surface area contributed by atoms with Crippen LogP contribution in [0.1, 0.15) is 22.1 Å². The lowest BCUT2D eigenvalue weighted by Crippen LogP contribution is -2.08. The molecular formula is C12H11BrFN3O3. The number of methoxy groups -OCH3 is 1. The van der Waals surface area contributed by atoms with Gasteiger partial charge in [0.25, 0.3) is 0 Å². The van der Waals surface area contributed by atoms with Crippen molar-refractivity contribution in [3.63, 3.8) is 0 Å². The van der Waals surface area contributed by atoms with Crippen LogP contribution in [-0.4, -0.2) is 23.2 Å². The quantitative estimate of drug-likeness (QED) is 0.860. The van der Waals surface area contributed by atoms with E-state index in [0.717, 1.165) is 0 Å². The number of nitrogens with zero attached hydrogens (tertiary/aromatic N) is 2. The maximum atomic E-state index is 13.8. The molecule has 0 aliphatic heterocycles. The SMILES string of the molecule is COC(=O)c1cc(NCc2noc(C)n2)cc(Br)c1F. The average molecular weight is 344 g/mol. The maximum Gasteiger partial charge on any atom is 0.340 e. The van der Waals surface area contributed by atoms with Gasteiger partial charge in [0.05, 0.1) is 23.7 Å². The highest BCUT2D eigenvalue weighted by Crippen LogP contribution is 2.25. The molecule has 0 spiro atoms. The van der Waals surface area contributed by atoms with Crippen LogP contribution in [0.25, 0.3) is 0 Å². The number of anilines is 1. The summed E-state index contributed by atoms with van der Waals surface area (Å²) in [4.78, 5) is 15.5. The number of carbonyl (C=O) groups excluding carboxylic acids is 1. The van der Waals surface area contributed by atoms with Gasteiger partial charge in [-0.05, 0) is 28.1 Å². The maximum absolute atomic E-state index is 13.8. The third kappa shape index (κ3) is 3.13. The fourth-order valence-corrected chi connectivity index (χ4v) is 2.00. The molecule has 0 saturated carbocycles. The predicted octanol–water partition coefficient (Wildman–Crippen LogP) is 2.68. The van der Waals surface area contributed by atoms with Gasteiger partial charge in [-0.25, -0.2) is 9.18 Å². The van der Waals surface area contributed by atoms with E-state index in [9.17, 15) is 9.18 Å². The third-order valence-corrected chi connectivity index (χ3v) is 3.03. The summed E-state index contributed by atoms with van der Waals surface area (Å²) in [6.45, 7) is 1.97. The summed E-state index contributed by atoms with van der Waals surface area (Å²) < 4.78 is 23.3. The summed E-state index contributed by atoms with van der Waals surface area (Å²) in [6.07, 6.45) is 0. The monoisotopic (exact) mass is 343 g/mol. The van der Waals surface area contributed by atoms with Gasteiger partial charge in [-0.1, -0.05) is 5.16 Å². The van der Waals surface area contributed by atoms with Crippen molar-refractivity contribution in [3.05, 3.63) is 39.7 Å². The van der Waals surface area contributed by atoms with Crippen LogP contribution >= 0.6 is 15.9 Å². The first-order valence-electron chi connectivity index (χ1n) is 5.61. The van der Waals surface area contributed by atoms with Gasteiger partial charge >= 0.3 is 5.97 Å². The van der Waals surface area contributed by atoms with E-state index >= 15 is 0 Å². The molecule has 0 aliphatic rings. The van der Waals surface area contributed by atoms with Crippen LogP contribution in [0.2, 0.25) is 0 Å². The molecule has 0 radical (unpaired) electrons. The highest BCUT2D eigenvalue weighted by atomic mass is 79.9. The number of hydrogen-bond donors (Lipinski definition) is 1. The van der Waals surface area contributed by atoms with E-state index in [-0.39, 0.29) is 16.6 Å². The zero-order chi connectivity index (χ0) is 14.7. The second kappa shape index (κ2) is 6.00. The Morgan fingerprint density at radius 3 is 2.90 bits per heavy atom. The van der Waals surface area contributed by atoms with Crippen molar-refractivity contribution in [2.24, 2.45) is 0 Å². The van der Waals surface area contributed by atoms with E-state index in [2.05, 4.69) is 36.1 Å². The molecule has 6 nitrogen and oxygen atoms in total. The Kier molecular flexibility index (Phi) is 4.33. The van der Waals surface area contributed by atoms with Crippen molar-refractivity contribution in [2.75, 3.05) is 12.4 Å². The molecule has 2 rings (SSSR count). The second-order valence-electron chi connectivity index (χ2n) is 3.89. The molecule has 1 aromatic carbocycles. The molecule has 0 amide bonds. The fraction of sp³-hybridized carbons (Fsp3) is 0.250. The van der Waals surface area contributed by atoms with Crippen molar-refractivity contribution in [1.82, 2.24) is 10.1 Å². The molecule has 2 aromatic rings. The van der Waals surface area contributed by atoms with Crippen molar-refractivity contribution >= 4 is 27.6 Å². The molecule has 106 valence electrons. The summed E-state index contributed by atoms with van der Waals surface area (Å²) in [6, 6.07) is 2.87. The van der Waals surface area contributed by atoms with Crippen LogP contribution < -0.4 is 5.32 Å². The summed E-state index contributed by atoms with van der Waals surface area (Å²) in [5.74, 6) is -0.500. The van der Waals surface area contributed by atoms with Gasteiger partial charge in [0.1, 0.15) is 0 Å². The number of rotatable bonds is 4. The molecule has 0 fully saturated rings. The Balaban J connectivity index is 2.19. The minimum Gasteiger partial charge on any atom is -0.465 e. The fourth-order valence-electron chi connectivity index (χ4n) is 1.54. The largest absolute Gasteiger partial charge is 0.465 e. The number of esters is 1. The van der Waals surface area contributed by atoms with Crippen LogP contribution in [0.5, 0.6) is 0 Å². The molecular weight excluding hydrogens is 333 g/mol. The zero-order valence-electron chi connectivity index (χ0n) is 10.7. The first-order valence-corrected chi connectivity index (χ1v) is 6.41. The average Bonchev–Trinajstić information content (AvgIpc) is 2.85. The molecule has 20 heavy (non-hydrogen) atoms. The van der Waals surface area contributed by atoms with Gasteiger partial charge in [-0.15, -0.1) is 0 Å². The van der Waals surface area contributed by atoms with Gasteiger partial charge in [-0.3, -0.25) is 0 Å². The molecule has 0 bridgehead atoms. The number of carbonyl (C=O) groups is 1. The van der Waals surface area contributed by atoms with Gasteiger partial charge in [0.2, 0.25) is 5.89 Å². The Morgan fingerprint density at radius 2 is 2.30 bits per heavy atom. The Bertz CT molecular complexity index is 645. The Labute approximate surface area is 122 Å². The summed E-state index contributed by atoms with van der Waals surface area (Å²) >= 11 is 3.05. The molecule has 0 atom stereocenters. The summed E-state index contributed by atoms with van der Waals surface area (Å²) in [5.41, 5.74) is 0.370. The highest BCUT2D eigenvalue weighted by molar-refractivity contribution is 9.10. The molecule has 0 saturated heterocycles. The highest BCUT2D eigenvalue weighted by Gasteiger charge is 2.16. The molecule has 1 heterocycles. The van der Waals surface area contributed by atoms with Crippen molar-refractivity contribution < 1.29 is 18.4 Å². The number of ether oxygens (including phenoxy) is 1. The van der Waals surface area contributed by atoms with Crippen molar-refractivity contribution in [1.29, 1.82) is 0 Å². The molecule has 8 heteroatoms. The van der Waals surface area contributed by atoms with Gasteiger partial charge in [0.15, 0.2) is 11.6 Å². The van der Waals surface area contributed by atoms with E-state index in [1.165, 1.54) is 19.2 Å². The molecule has 0 aliphatic carbocycles. The van der Waals surface area contributed by atoms with E-state index in [1.54, 1.807) is 6.92 Å². The molecule has 1 N–H and O–H groups in total. The van der Waals surface area contributed by atoms with E-state index < -0.39 is 11.8 Å². The molecule has 0 unspecified atom stereocenters. The summed E-state index contributed by atoms with van der Waals surface area (Å²) in [7, 11) is 1.19. The third-order valence-electron chi connectivity index (χ3n) is 2.45. The van der Waals surface area contributed by atoms with Crippen LogP contribution in [-0.2, 0) is 11.3 Å². The minimum atomic E-state index is -0.748. The first-order chi connectivity index (χ1) is 9.51. The number of aryl methyl sites for hydroxylation is 1. The standard InChI is InChI=1S/C12H11BrFN3O3/c1-6-16-10(17-20-6)5-15-7-3-8(12(18)19-2)11(14)9(13)4-7/h3-4,15H,5H2,1-2H3. The second-order valence-corrected chi connectivity index (χ2v) is 4.75. The zero-order valence-corrected chi connectivity index (χ0v) is 12.3.